The third-order valence-electron chi connectivity index (χ3n) is 3.16. The van der Waals surface area contributed by atoms with Gasteiger partial charge in [0.1, 0.15) is 16.9 Å². The normalized spacial score (nSPS) is 10.5. The number of halogens is 2. The molecule has 0 fully saturated rings. The quantitative estimate of drug-likeness (QED) is 0.523. The summed E-state index contributed by atoms with van der Waals surface area (Å²) in [5, 5.41) is 18.6. The minimum Gasteiger partial charge on any atom is -0.493 e. The highest BCUT2D eigenvalue weighted by atomic mass is 127. The van der Waals surface area contributed by atoms with Crippen molar-refractivity contribution >= 4 is 40.3 Å². The number of nitrogen functional groups attached to an aromatic ring is 1. The molecule has 0 spiro atoms. The van der Waals surface area contributed by atoms with E-state index >= 15 is 0 Å². The molecule has 1 aromatic heterocycles. The van der Waals surface area contributed by atoms with Crippen LogP contribution in [0.3, 0.4) is 0 Å². The predicted octanol–water partition coefficient (Wildman–Crippen LogP) is 1.77. The Bertz CT molecular complexity index is 901. The van der Waals surface area contributed by atoms with Gasteiger partial charge >= 0.3 is 11.9 Å². The highest BCUT2D eigenvalue weighted by molar-refractivity contribution is 14.1. The summed E-state index contributed by atoms with van der Waals surface area (Å²) in [6.45, 7) is 0. The molecule has 2 rings (SSSR count). The summed E-state index contributed by atoms with van der Waals surface area (Å²) < 4.78 is 19.2. The average Bonchev–Trinajstić information content (AvgIpc) is 2.44. The Balaban J connectivity index is 3.00. The molecule has 24 heavy (non-hydrogen) atoms. The Morgan fingerprint density at radius 3 is 2.29 bits per heavy atom. The number of ether oxygens (including phenoxy) is 1. The van der Waals surface area contributed by atoms with E-state index in [4.69, 9.17) is 10.5 Å². The zero-order chi connectivity index (χ0) is 18.2. The van der Waals surface area contributed by atoms with Gasteiger partial charge in [0.05, 0.1) is 10.7 Å². The summed E-state index contributed by atoms with van der Waals surface area (Å²) in [6.07, 6.45) is 0. The van der Waals surface area contributed by atoms with Crippen LogP contribution in [0.5, 0.6) is 5.75 Å². The Morgan fingerprint density at radius 2 is 1.83 bits per heavy atom. The van der Waals surface area contributed by atoms with Crippen molar-refractivity contribution in [1.29, 1.82) is 0 Å². The molecule has 0 saturated heterocycles. The zero-order valence-corrected chi connectivity index (χ0v) is 14.2. The molecule has 0 saturated carbocycles. The molecule has 0 aliphatic heterocycles. The van der Waals surface area contributed by atoms with Gasteiger partial charge in [0.2, 0.25) is 0 Å². The number of rotatable bonds is 4. The van der Waals surface area contributed by atoms with Crippen LogP contribution < -0.4 is 16.0 Å². The number of methoxy groups -OCH3 is 1. The van der Waals surface area contributed by atoms with E-state index in [9.17, 15) is 29.0 Å². The number of nitrogens with one attached hydrogen (secondary N) is 1. The number of pyridine rings is 1. The highest BCUT2D eigenvalue weighted by Gasteiger charge is 2.27. The average molecular weight is 448 g/mol. The molecular weight excluding hydrogens is 438 g/mol. The van der Waals surface area contributed by atoms with Crippen molar-refractivity contribution in [3.63, 3.8) is 0 Å². The van der Waals surface area contributed by atoms with Gasteiger partial charge in [0.15, 0.2) is 11.6 Å². The molecule has 1 heterocycles. The van der Waals surface area contributed by atoms with E-state index in [1.54, 1.807) is 22.6 Å². The van der Waals surface area contributed by atoms with Gasteiger partial charge in [-0.1, -0.05) is 0 Å². The molecule has 0 unspecified atom stereocenters. The molecule has 1 aromatic carbocycles. The summed E-state index contributed by atoms with van der Waals surface area (Å²) >= 11 is 1.74. The number of H-pyrrole nitrogens is 1. The van der Waals surface area contributed by atoms with Gasteiger partial charge in [-0.15, -0.1) is 0 Å². The Hall–Kier alpha value is -2.63. The second-order valence-corrected chi connectivity index (χ2v) is 5.74. The number of nitrogens with two attached hydrogens (primary N) is 1. The Labute approximate surface area is 147 Å². The number of aromatic nitrogens is 1. The number of anilines is 1. The largest absolute Gasteiger partial charge is 0.493 e. The highest BCUT2D eigenvalue weighted by Crippen LogP contribution is 2.34. The smallest absolute Gasteiger partial charge is 0.342 e. The SMILES string of the molecule is COc1c(F)cc(-c2c(C(=O)O)c(N)[nH]c(=O)c2C(=O)O)cc1I. The summed E-state index contributed by atoms with van der Waals surface area (Å²) in [4.78, 5) is 36.8. The monoisotopic (exact) mass is 448 g/mol. The fourth-order valence-corrected chi connectivity index (χ4v) is 3.05. The van der Waals surface area contributed by atoms with Crippen LogP contribution in [0.4, 0.5) is 10.2 Å². The van der Waals surface area contributed by atoms with Crippen LogP contribution in [0, 0.1) is 9.39 Å². The van der Waals surface area contributed by atoms with Crippen LogP contribution in [0.15, 0.2) is 16.9 Å². The topological polar surface area (TPSA) is 143 Å². The fraction of sp³-hybridized carbons (Fsp3) is 0.0714. The maximum Gasteiger partial charge on any atom is 0.342 e. The number of aromatic carboxylic acids is 2. The minimum absolute atomic E-state index is 0.0917. The molecule has 10 heteroatoms. The number of carboxylic acid groups (broad SMARTS) is 2. The zero-order valence-electron chi connectivity index (χ0n) is 12.0. The standard InChI is InChI=1S/C14H10FIN2O6/c1-24-10-5(15)2-4(3-6(10)16)7-8(13(20)21)11(17)18-12(19)9(7)14(22)23/h2-3H,1H3,(H,20,21)(H,22,23)(H3,17,18,19). The number of hydrogen-bond donors (Lipinski definition) is 4. The summed E-state index contributed by atoms with van der Waals surface area (Å²) in [5.41, 5.74) is 2.35. The van der Waals surface area contributed by atoms with E-state index in [1.165, 1.54) is 13.2 Å². The van der Waals surface area contributed by atoms with Gasteiger partial charge in [0, 0.05) is 5.56 Å². The van der Waals surface area contributed by atoms with Crippen LogP contribution in [0.2, 0.25) is 0 Å². The van der Waals surface area contributed by atoms with Gasteiger partial charge in [-0.05, 0) is 40.3 Å². The lowest BCUT2D eigenvalue weighted by atomic mass is 9.95. The first kappa shape index (κ1) is 17.7. The Morgan fingerprint density at radius 1 is 1.25 bits per heavy atom. The van der Waals surface area contributed by atoms with Gasteiger partial charge in [-0.3, -0.25) is 4.79 Å². The summed E-state index contributed by atoms with van der Waals surface area (Å²) in [6, 6.07) is 2.18. The van der Waals surface area contributed by atoms with E-state index in [-0.39, 0.29) is 14.9 Å². The second-order valence-electron chi connectivity index (χ2n) is 4.58. The molecule has 0 aliphatic rings. The van der Waals surface area contributed by atoms with E-state index in [2.05, 4.69) is 0 Å². The second kappa shape index (κ2) is 6.47. The minimum atomic E-state index is -1.67. The van der Waals surface area contributed by atoms with Gasteiger partial charge in [-0.2, -0.15) is 0 Å². The maximum absolute atomic E-state index is 14.1. The van der Waals surface area contributed by atoms with Crippen molar-refractivity contribution in [1.82, 2.24) is 4.98 Å². The van der Waals surface area contributed by atoms with Crippen LogP contribution in [0.25, 0.3) is 11.1 Å². The molecule has 126 valence electrons. The number of benzene rings is 1. The van der Waals surface area contributed by atoms with Crippen LogP contribution in [-0.2, 0) is 0 Å². The predicted molar refractivity (Wildman–Crippen MR) is 90.1 cm³/mol. The van der Waals surface area contributed by atoms with E-state index in [0.717, 1.165) is 6.07 Å². The molecule has 0 atom stereocenters. The molecule has 2 aromatic rings. The van der Waals surface area contributed by atoms with Crippen molar-refractivity contribution in [2.75, 3.05) is 12.8 Å². The number of aromatic amines is 1. The lowest BCUT2D eigenvalue weighted by Crippen LogP contribution is -2.24. The van der Waals surface area contributed by atoms with Crippen molar-refractivity contribution in [2.45, 2.75) is 0 Å². The Kier molecular flexibility index (Phi) is 4.78. The van der Waals surface area contributed by atoms with E-state index < -0.39 is 45.8 Å². The first-order valence-corrected chi connectivity index (χ1v) is 7.32. The van der Waals surface area contributed by atoms with Crippen molar-refractivity contribution < 1.29 is 28.9 Å². The van der Waals surface area contributed by atoms with Crippen LogP contribution in [-0.4, -0.2) is 34.2 Å². The first-order valence-electron chi connectivity index (χ1n) is 6.24. The number of carbonyl (C=O) groups is 2. The fourth-order valence-electron chi connectivity index (χ4n) is 2.23. The molecular formula is C14H10FIN2O6. The van der Waals surface area contributed by atoms with Gasteiger partial charge < -0.3 is 25.7 Å². The first-order chi connectivity index (χ1) is 11.2. The van der Waals surface area contributed by atoms with Crippen molar-refractivity contribution in [3.8, 4) is 16.9 Å². The third-order valence-corrected chi connectivity index (χ3v) is 3.96. The molecule has 0 aliphatic carbocycles. The van der Waals surface area contributed by atoms with Gasteiger partial charge in [0.25, 0.3) is 5.56 Å². The van der Waals surface area contributed by atoms with Crippen molar-refractivity contribution in [2.24, 2.45) is 0 Å². The van der Waals surface area contributed by atoms with E-state index in [0.29, 0.717) is 0 Å². The molecule has 8 nitrogen and oxygen atoms in total. The summed E-state index contributed by atoms with van der Waals surface area (Å²) in [7, 11) is 1.25. The lowest BCUT2D eigenvalue weighted by Gasteiger charge is -2.14. The van der Waals surface area contributed by atoms with Gasteiger partial charge in [-0.25, -0.2) is 14.0 Å². The molecule has 0 radical (unpaired) electrons. The van der Waals surface area contributed by atoms with E-state index in [1.807, 2.05) is 4.98 Å². The molecule has 0 bridgehead atoms. The summed E-state index contributed by atoms with van der Waals surface area (Å²) in [5.74, 6) is -4.69. The van der Waals surface area contributed by atoms with Crippen molar-refractivity contribution in [3.05, 3.63) is 43.0 Å². The van der Waals surface area contributed by atoms with Crippen LogP contribution >= 0.6 is 22.6 Å². The maximum atomic E-state index is 14.1. The third kappa shape index (κ3) is 2.91. The lowest BCUT2D eigenvalue weighted by molar-refractivity contribution is 0.0695. The van der Waals surface area contributed by atoms with Crippen LogP contribution in [0.1, 0.15) is 20.7 Å². The molecule has 0 amide bonds. The number of hydrogen-bond acceptors (Lipinski definition) is 5. The molecule has 5 N–H and O–H groups in total. The number of carboxylic acids is 2.